The first-order chi connectivity index (χ1) is 14.7. The maximum Gasteiger partial charge on any atom is 0.124 e. The van der Waals surface area contributed by atoms with E-state index in [1.165, 1.54) is 61.4 Å². The van der Waals surface area contributed by atoms with Crippen molar-refractivity contribution in [1.82, 2.24) is 24.3 Å². The summed E-state index contributed by atoms with van der Waals surface area (Å²) in [5, 5.41) is 0. The van der Waals surface area contributed by atoms with Gasteiger partial charge in [-0.05, 0) is 82.4 Å². The van der Waals surface area contributed by atoms with E-state index in [1.54, 1.807) is 0 Å². The van der Waals surface area contributed by atoms with Crippen molar-refractivity contribution in [3.05, 3.63) is 59.7 Å². The lowest BCUT2D eigenvalue weighted by Crippen LogP contribution is -2.35. The van der Waals surface area contributed by atoms with Gasteiger partial charge in [0.05, 0.1) is 29.3 Å². The number of para-hydroxylation sites is 2. The van der Waals surface area contributed by atoms with E-state index < -0.39 is 0 Å². The van der Waals surface area contributed by atoms with Crippen molar-refractivity contribution in [2.75, 3.05) is 27.2 Å². The fourth-order valence-electron chi connectivity index (χ4n) is 5.48. The molecule has 0 radical (unpaired) electrons. The molecule has 0 spiro atoms. The van der Waals surface area contributed by atoms with Crippen LogP contribution in [0, 0.1) is 5.92 Å². The van der Waals surface area contributed by atoms with Gasteiger partial charge in [-0.2, -0.15) is 0 Å². The Labute approximate surface area is 179 Å². The molecule has 3 aromatic rings. The number of hydrogen-bond acceptors (Lipinski definition) is 4. The first kappa shape index (κ1) is 19.7. The summed E-state index contributed by atoms with van der Waals surface area (Å²) in [7, 11) is 4.49. The molecule has 0 saturated carbocycles. The summed E-state index contributed by atoms with van der Waals surface area (Å²) in [5.41, 5.74) is 5.07. The van der Waals surface area contributed by atoms with Gasteiger partial charge in [-0.25, -0.2) is 4.98 Å². The molecule has 1 aliphatic carbocycles. The Balaban J connectivity index is 1.43. The van der Waals surface area contributed by atoms with Crippen molar-refractivity contribution in [3.63, 3.8) is 0 Å². The minimum atomic E-state index is 0.379. The number of rotatable bonds is 5. The molecular formula is C25H33N5. The topological polar surface area (TPSA) is 37.2 Å². The molecule has 1 aromatic carbocycles. The largest absolute Gasteiger partial charge is 0.327 e. The van der Waals surface area contributed by atoms with Crippen LogP contribution in [0.25, 0.3) is 11.0 Å². The normalized spacial score (nSPS) is 22.5. The number of nitrogens with zero attached hydrogens (tertiary/aromatic N) is 5. The molecule has 30 heavy (non-hydrogen) atoms. The van der Waals surface area contributed by atoms with Crippen LogP contribution in [0.2, 0.25) is 0 Å². The van der Waals surface area contributed by atoms with E-state index in [2.05, 4.69) is 64.9 Å². The van der Waals surface area contributed by atoms with Gasteiger partial charge < -0.3 is 9.47 Å². The summed E-state index contributed by atoms with van der Waals surface area (Å²) in [4.78, 5) is 14.8. The zero-order valence-electron chi connectivity index (χ0n) is 18.3. The van der Waals surface area contributed by atoms with E-state index in [0.29, 0.717) is 12.0 Å². The Kier molecular flexibility index (Phi) is 5.57. The van der Waals surface area contributed by atoms with Crippen LogP contribution in [-0.4, -0.2) is 51.5 Å². The Bertz CT molecular complexity index is 1010. The summed E-state index contributed by atoms with van der Waals surface area (Å²) >= 11 is 0. The average molecular weight is 404 g/mol. The lowest BCUT2D eigenvalue weighted by atomic mass is 9.91. The molecule has 2 aliphatic rings. The van der Waals surface area contributed by atoms with E-state index >= 15 is 0 Å². The average Bonchev–Trinajstić information content (AvgIpc) is 3.10. The third kappa shape index (κ3) is 3.88. The van der Waals surface area contributed by atoms with Gasteiger partial charge in [0.15, 0.2) is 0 Å². The van der Waals surface area contributed by atoms with Gasteiger partial charge in [-0.3, -0.25) is 9.88 Å². The van der Waals surface area contributed by atoms with Crippen LogP contribution in [0.4, 0.5) is 0 Å². The summed E-state index contributed by atoms with van der Waals surface area (Å²) in [6.45, 7) is 4.33. The number of piperidine rings is 1. The standard InChI is InChI=1S/C25H33N5/c1-28-15-7-8-19(16-28)17-30-22-12-4-3-11-21(22)27-24(30)18-29(2)23-13-5-9-20-10-6-14-26-25(20)23/h3-4,6,10-12,14,19,23H,5,7-9,13,15-18H2,1-2H3/t19-,23-/m1/s1. The van der Waals surface area contributed by atoms with Gasteiger partial charge in [0.1, 0.15) is 5.82 Å². The molecule has 0 bridgehead atoms. The maximum atomic E-state index is 5.08. The highest BCUT2D eigenvalue weighted by Gasteiger charge is 2.27. The van der Waals surface area contributed by atoms with Crippen LogP contribution in [0.5, 0.6) is 0 Å². The highest BCUT2D eigenvalue weighted by molar-refractivity contribution is 5.75. The van der Waals surface area contributed by atoms with Crippen molar-refractivity contribution in [2.45, 2.75) is 51.2 Å². The lowest BCUT2D eigenvalue weighted by molar-refractivity contribution is 0.184. The number of aromatic nitrogens is 3. The SMILES string of the molecule is CN1CCC[C@@H](Cn2c(CN(C)[C@@H]3CCCc4cccnc43)nc3ccccc32)C1. The van der Waals surface area contributed by atoms with Crippen LogP contribution in [-0.2, 0) is 19.5 Å². The highest BCUT2D eigenvalue weighted by atomic mass is 15.2. The number of aryl methyl sites for hydroxylation is 1. The predicted octanol–water partition coefficient (Wildman–Crippen LogP) is 4.28. The summed E-state index contributed by atoms with van der Waals surface area (Å²) in [5.74, 6) is 1.89. The monoisotopic (exact) mass is 403 g/mol. The second-order valence-electron chi connectivity index (χ2n) is 9.27. The zero-order chi connectivity index (χ0) is 20.5. The predicted molar refractivity (Wildman–Crippen MR) is 121 cm³/mol. The Morgan fingerprint density at radius 1 is 1.10 bits per heavy atom. The molecule has 5 rings (SSSR count). The van der Waals surface area contributed by atoms with E-state index in [1.807, 2.05) is 6.20 Å². The molecule has 2 atom stereocenters. The maximum absolute atomic E-state index is 5.08. The van der Waals surface area contributed by atoms with Crippen molar-refractivity contribution in [3.8, 4) is 0 Å². The Hall–Kier alpha value is -2.24. The molecule has 0 unspecified atom stereocenters. The van der Waals surface area contributed by atoms with Crippen LogP contribution in [0.15, 0.2) is 42.6 Å². The summed E-state index contributed by atoms with van der Waals surface area (Å²) in [6, 6.07) is 13.3. The molecular weight excluding hydrogens is 370 g/mol. The zero-order valence-corrected chi connectivity index (χ0v) is 18.3. The number of fused-ring (bicyclic) bond motifs is 2. The van der Waals surface area contributed by atoms with Crippen LogP contribution in [0.1, 0.15) is 48.8 Å². The van der Waals surface area contributed by atoms with Crippen molar-refractivity contribution in [1.29, 1.82) is 0 Å². The molecule has 1 aliphatic heterocycles. The minimum Gasteiger partial charge on any atom is -0.327 e. The number of benzene rings is 1. The fraction of sp³-hybridized carbons (Fsp3) is 0.520. The molecule has 0 N–H and O–H groups in total. The lowest BCUT2D eigenvalue weighted by Gasteiger charge is -2.33. The summed E-state index contributed by atoms with van der Waals surface area (Å²) < 4.78 is 2.50. The second-order valence-corrected chi connectivity index (χ2v) is 9.27. The fourth-order valence-corrected chi connectivity index (χ4v) is 5.48. The van der Waals surface area contributed by atoms with Gasteiger partial charge in [0, 0.05) is 19.3 Å². The molecule has 158 valence electrons. The van der Waals surface area contributed by atoms with E-state index in [4.69, 9.17) is 9.97 Å². The number of imidazole rings is 1. The third-order valence-electron chi connectivity index (χ3n) is 6.98. The quantitative estimate of drug-likeness (QED) is 0.637. The van der Waals surface area contributed by atoms with Crippen LogP contribution < -0.4 is 0 Å². The van der Waals surface area contributed by atoms with Crippen LogP contribution in [0.3, 0.4) is 0 Å². The third-order valence-corrected chi connectivity index (χ3v) is 6.98. The Morgan fingerprint density at radius 3 is 2.90 bits per heavy atom. The minimum absolute atomic E-state index is 0.379. The van der Waals surface area contributed by atoms with Crippen LogP contribution >= 0.6 is 0 Å². The highest BCUT2D eigenvalue weighted by Crippen LogP contribution is 2.33. The number of hydrogen-bond donors (Lipinski definition) is 0. The molecule has 1 saturated heterocycles. The summed E-state index contributed by atoms with van der Waals surface area (Å²) in [6.07, 6.45) is 8.12. The van der Waals surface area contributed by atoms with E-state index in [-0.39, 0.29) is 0 Å². The van der Waals surface area contributed by atoms with Gasteiger partial charge in [-0.1, -0.05) is 18.2 Å². The van der Waals surface area contributed by atoms with Gasteiger partial charge >= 0.3 is 0 Å². The smallest absolute Gasteiger partial charge is 0.124 e. The first-order valence-electron chi connectivity index (χ1n) is 11.5. The Morgan fingerprint density at radius 2 is 2.00 bits per heavy atom. The molecule has 0 amide bonds. The van der Waals surface area contributed by atoms with Gasteiger partial charge in [-0.15, -0.1) is 0 Å². The van der Waals surface area contributed by atoms with Crippen molar-refractivity contribution in [2.24, 2.45) is 5.92 Å². The molecule has 2 aromatic heterocycles. The van der Waals surface area contributed by atoms with Gasteiger partial charge in [0.25, 0.3) is 0 Å². The van der Waals surface area contributed by atoms with Crippen molar-refractivity contribution >= 4 is 11.0 Å². The van der Waals surface area contributed by atoms with Crippen molar-refractivity contribution < 1.29 is 0 Å². The number of pyridine rings is 1. The molecule has 5 heteroatoms. The molecule has 5 nitrogen and oxygen atoms in total. The number of likely N-dealkylation sites (tertiary alicyclic amines) is 1. The van der Waals surface area contributed by atoms with E-state index in [0.717, 1.165) is 25.0 Å². The molecule has 1 fully saturated rings. The first-order valence-corrected chi connectivity index (χ1v) is 11.5. The van der Waals surface area contributed by atoms with E-state index in [9.17, 15) is 0 Å². The van der Waals surface area contributed by atoms with Gasteiger partial charge in [0.2, 0.25) is 0 Å². The molecule has 3 heterocycles. The second kappa shape index (κ2) is 8.48.